The predicted octanol–water partition coefficient (Wildman–Crippen LogP) is 6.84. The number of carbonyl (C=O) groups is 3. The summed E-state index contributed by atoms with van der Waals surface area (Å²) in [6, 6.07) is 15.3. The van der Waals surface area contributed by atoms with Gasteiger partial charge in [0.05, 0.1) is 13.0 Å². The summed E-state index contributed by atoms with van der Waals surface area (Å²) in [6.45, 7) is -2.92. The SMILES string of the molecule is O=C(Cc1ccc(CNC(C(=O)O)c2ccccc2F)cc1)O[C@@H](Cc1c(Cl)c[n+]([O-])cc1Cl)c1ccc(OC(F)F)c(OCC2CC2)c1.O=CO. The number of carbonyl (C=O) groups excluding carboxylic acids is 1. The first-order valence-electron chi connectivity index (χ1n) is 15.7. The lowest BCUT2D eigenvalue weighted by molar-refractivity contribution is -0.605. The summed E-state index contributed by atoms with van der Waals surface area (Å²) in [5.74, 6) is -2.33. The molecule has 0 saturated heterocycles. The zero-order valence-electron chi connectivity index (χ0n) is 27.2. The maximum atomic E-state index is 14.2. The number of aromatic nitrogens is 1. The Morgan fingerprint density at radius 1 is 1.00 bits per heavy atom. The van der Waals surface area contributed by atoms with Gasteiger partial charge in [0.25, 0.3) is 6.47 Å². The monoisotopic (exact) mass is 764 g/mol. The highest BCUT2D eigenvalue weighted by Gasteiger charge is 2.27. The number of alkyl halides is 2. The fourth-order valence-electron chi connectivity index (χ4n) is 5.06. The normalized spacial score (nSPS) is 13.3. The van der Waals surface area contributed by atoms with Gasteiger partial charge in [-0.15, -0.1) is 0 Å². The number of carboxylic acids is 1. The summed E-state index contributed by atoms with van der Waals surface area (Å²) in [6.07, 6.45) is 2.90. The highest BCUT2D eigenvalue weighted by atomic mass is 35.5. The third kappa shape index (κ3) is 11.8. The highest BCUT2D eigenvalue weighted by molar-refractivity contribution is 6.35. The van der Waals surface area contributed by atoms with E-state index in [0.717, 1.165) is 25.2 Å². The molecular formula is C36H33Cl2F3N2O9. The molecule has 276 valence electrons. The van der Waals surface area contributed by atoms with Crippen LogP contribution in [0, 0.1) is 16.9 Å². The Labute approximate surface area is 306 Å². The maximum Gasteiger partial charge on any atom is 0.387 e. The van der Waals surface area contributed by atoms with Crippen LogP contribution in [0.2, 0.25) is 10.0 Å². The van der Waals surface area contributed by atoms with Crippen molar-refractivity contribution >= 4 is 41.6 Å². The molecule has 1 fully saturated rings. The molecule has 1 aliphatic rings. The number of benzene rings is 3. The van der Waals surface area contributed by atoms with E-state index < -0.39 is 36.5 Å². The second-order valence-electron chi connectivity index (χ2n) is 11.6. The molecule has 52 heavy (non-hydrogen) atoms. The van der Waals surface area contributed by atoms with Gasteiger partial charge in [-0.2, -0.15) is 13.5 Å². The van der Waals surface area contributed by atoms with E-state index in [1.165, 1.54) is 36.4 Å². The lowest BCUT2D eigenvalue weighted by Gasteiger charge is -2.21. The van der Waals surface area contributed by atoms with Crippen LogP contribution < -0.4 is 19.5 Å². The fourth-order valence-corrected chi connectivity index (χ4v) is 5.66. The largest absolute Gasteiger partial charge is 0.619 e. The molecule has 1 saturated carbocycles. The van der Waals surface area contributed by atoms with Crippen LogP contribution in [0.25, 0.3) is 0 Å². The van der Waals surface area contributed by atoms with Crippen molar-refractivity contribution in [2.75, 3.05) is 6.61 Å². The molecule has 0 amide bonds. The van der Waals surface area contributed by atoms with Crippen molar-refractivity contribution in [2.24, 2.45) is 5.92 Å². The minimum Gasteiger partial charge on any atom is -0.619 e. The van der Waals surface area contributed by atoms with Crippen molar-refractivity contribution in [3.05, 3.63) is 128 Å². The molecule has 1 unspecified atom stereocenters. The van der Waals surface area contributed by atoms with E-state index >= 15 is 0 Å². The van der Waals surface area contributed by atoms with Crippen molar-refractivity contribution in [3.8, 4) is 11.5 Å². The zero-order chi connectivity index (χ0) is 37.8. The van der Waals surface area contributed by atoms with Gasteiger partial charge in [-0.1, -0.05) is 71.7 Å². The Balaban J connectivity index is 0.00000195. The molecule has 1 aromatic heterocycles. The summed E-state index contributed by atoms with van der Waals surface area (Å²) in [7, 11) is 0. The smallest absolute Gasteiger partial charge is 0.387 e. The Hall–Kier alpha value is -5.05. The first-order valence-corrected chi connectivity index (χ1v) is 16.5. The molecule has 3 N–H and O–H groups in total. The standard InChI is InChI=1S/C35H31Cl2F3N2O7.CH2O2/c36-26-17-42(46)18-27(37)25(26)15-30(23-11-12-29(49-35(39)40)31(14-23)47-19-22-9-10-22)48-32(43)13-20-5-7-21(8-6-20)16-41-33(34(44)45)24-3-1-2-4-28(24)38;2-1-3/h1-8,11-12,14,17-18,22,30,33,35,41H,9-10,13,15-16,19H2,(H,44,45);1H,(H,2,3)/t30-,33?;/m0./s1. The first-order chi connectivity index (χ1) is 24.9. The van der Waals surface area contributed by atoms with Gasteiger partial charge in [-0.25, -0.2) is 4.39 Å². The molecule has 16 heteroatoms. The molecule has 4 aromatic rings. The zero-order valence-corrected chi connectivity index (χ0v) is 28.7. The van der Waals surface area contributed by atoms with Gasteiger partial charge >= 0.3 is 18.6 Å². The summed E-state index contributed by atoms with van der Waals surface area (Å²) >= 11 is 12.7. The van der Waals surface area contributed by atoms with Gasteiger partial charge < -0.3 is 29.6 Å². The Morgan fingerprint density at radius 2 is 1.63 bits per heavy atom. The van der Waals surface area contributed by atoms with Crippen LogP contribution in [-0.4, -0.2) is 41.8 Å². The Morgan fingerprint density at radius 3 is 2.23 bits per heavy atom. The van der Waals surface area contributed by atoms with E-state index in [4.69, 9.17) is 42.6 Å². The average Bonchev–Trinajstić information content (AvgIpc) is 3.92. The summed E-state index contributed by atoms with van der Waals surface area (Å²) < 4.78 is 57.3. The second kappa shape index (κ2) is 19.0. The number of nitrogens with one attached hydrogen (secondary N) is 1. The third-order valence-electron chi connectivity index (χ3n) is 7.79. The summed E-state index contributed by atoms with van der Waals surface area (Å²) in [5.41, 5.74) is 1.98. The minimum atomic E-state index is -3.09. The van der Waals surface area contributed by atoms with Crippen LogP contribution >= 0.6 is 23.2 Å². The van der Waals surface area contributed by atoms with E-state index in [9.17, 15) is 33.1 Å². The van der Waals surface area contributed by atoms with Crippen LogP contribution in [0.1, 0.15) is 52.8 Å². The van der Waals surface area contributed by atoms with Crippen LogP contribution in [0.15, 0.2) is 79.1 Å². The molecule has 3 aromatic carbocycles. The van der Waals surface area contributed by atoms with Crippen molar-refractivity contribution in [3.63, 3.8) is 0 Å². The van der Waals surface area contributed by atoms with E-state index in [1.54, 1.807) is 30.3 Å². The maximum absolute atomic E-state index is 14.2. The Bertz CT molecular complexity index is 1820. The molecule has 1 aliphatic carbocycles. The van der Waals surface area contributed by atoms with Gasteiger partial charge in [-0.05, 0) is 53.6 Å². The van der Waals surface area contributed by atoms with Gasteiger partial charge in [-0.3, -0.25) is 19.7 Å². The fraction of sp³-hybridized carbons (Fsp3) is 0.278. The van der Waals surface area contributed by atoms with E-state index in [1.807, 2.05) is 0 Å². The molecule has 0 spiro atoms. The van der Waals surface area contributed by atoms with Crippen LogP contribution in [-0.2, 0) is 38.5 Å². The van der Waals surface area contributed by atoms with Crippen LogP contribution in [0.4, 0.5) is 13.2 Å². The number of halogens is 5. The van der Waals surface area contributed by atoms with Crippen molar-refractivity contribution in [1.29, 1.82) is 0 Å². The molecule has 0 aliphatic heterocycles. The van der Waals surface area contributed by atoms with Crippen LogP contribution in [0.5, 0.6) is 11.5 Å². The highest BCUT2D eigenvalue weighted by Crippen LogP contribution is 2.38. The van der Waals surface area contributed by atoms with E-state index in [0.29, 0.717) is 39.5 Å². The van der Waals surface area contributed by atoms with Gasteiger partial charge in [0.2, 0.25) is 0 Å². The number of hydrogen-bond donors (Lipinski definition) is 3. The van der Waals surface area contributed by atoms with Crippen molar-refractivity contribution in [1.82, 2.24) is 5.32 Å². The number of pyridine rings is 1. The molecule has 0 bridgehead atoms. The lowest BCUT2D eigenvalue weighted by atomic mass is 10.0. The second-order valence-corrected chi connectivity index (χ2v) is 12.4. The average molecular weight is 766 g/mol. The number of esters is 1. The molecule has 2 atom stereocenters. The summed E-state index contributed by atoms with van der Waals surface area (Å²) in [4.78, 5) is 33.4. The number of nitrogens with zero attached hydrogens (tertiary/aromatic N) is 1. The quantitative estimate of drug-likeness (QED) is 0.0477. The molecule has 0 radical (unpaired) electrons. The predicted molar refractivity (Wildman–Crippen MR) is 182 cm³/mol. The number of hydrogen-bond acceptors (Lipinski definition) is 8. The van der Waals surface area contributed by atoms with E-state index in [2.05, 4.69) is 10.1 Å². The minimum absolute atomic E-state index is 0.00649. The molecule has 5 rings (SSSR count). The number of carboxylic acid groups (broad SMARTS) is 2. The van der Waals surface area contributed by atoms with Crippen molar-refractivity contribution < 1.29 is 56.7 Å². The Kier molecular flexibility index (Phi) is 14.5. The lowest BCUT2D eigenvalue weighted by Crippen LogP contribution is -2.28. The molecular weight excluding hydrogens is 732 g/mol. The number of ether oxygens (including phenoxy) is 3. The van der Waals surface area contributed by atoms with Gasteiger partial charge in [0.1, 0.15) is 28.0 Å². The molecule has 1 heterocycles. The van der Waals surface area contributed by atoms with Gasteiger partial charge in [0.15, 0.2) is 23.9 Å². The summed E-state index contributed by atoms with van der Waals surface area (Å²) in [5, 5.41) is 31.3. The number of aliphatic carboxylic acids is 1. The third-order valence-corrected chi connectivity index (χ3v) is 8.44. The van der Waals surface area contributed by atoms with Gasteiger partial charge in [0, 0.05) is 24.1 Å². The first kappa shape index (κ1) is 39.7. The van der Waals surface area contributed by atoms with Crippen LogP contribution in [0.3, 0.4) is 0 Å². The number of rotatable bonds is 16. The van der Waals surface area contributed by atoms with Crippen molar-refractivity contribution in [2.45, 2.75) is 51.0 Å². The van der Waals surface area contributed by atoms with E-state index in [-0.39, 0.29) is 53.0 Å². The molecule has 11 nitrogen and oxygen atoms in total. The topological polar surface area (TPSA) is 158 Å².